The number of hydrogen-bond donors (Lipinski definition) is 0. The maximum atomic E-state index is 13.1. The van der Waals surface area contributed by atoms with E-state index in [1.54, 1.807) is 25.4 Å². The normalized spacial score (nSPS) is 29.2. The van der Waals surface area contributed by atoms with Crippen LogP contribution in [0.2, 0.25) is 0 Å². The smallest absolute Gasteiger partial charge is 0.249 e. The standard InChI is InChI=1S/C17H21N3O3S/c1-9-4-5-24-15(9)12-7-13(12)17(21)20-8-11(22-3)6-14(20)16-18-10(2)19-23-16/h4-5,11-14H,6-8H2,1-3H3/t11-,12-,13-,14+/m0/s1. The second-order valence-corrected chi connectivity index (χ2v) is 7.64. The van der Waals surface area contributed by atoms with Gasteiger partial charge >= 0.3 is 0 Å². The zero-order chi connectivity index (χ0) is 16.8. The number of aromatic nitrogens is 2. The molecule has 1 aliphatic carbocycles. The lowest BCUT2D eigenvalue weighted by Gasteiger charge is -2.21. The summed E-state index contributed by atoms with van der Waals surface area (Å²) in [6.45, 7) is 4.50. The van der Waals surface area contributed by atoms with Crippen LogP contribution in [0.1, 0.15) is 47.0 Å². The van der Waals surface area contributed by atoms with Crippen LogP contribution in [0.5, 0.6) is 0 Å². The second-order valence-electron chi connectivity index (χ2n) is 6.70. The lowest BCUT2D eigenvalue weighted by molar-refractivity contribution is -0.134. The first kappa shape index (κ1) is 15.8. The SMILES string of the molecule is CO[C@H]1C[C@H](c2nc(C)no2)N(C(=O)[C@H]2C[C@@H]2c2sccc2C)C1. The third-order valence-electron chi connectivity index (χ3n) is 5.05. The number of rotatable bonds is 4. The van der Waals surface area contributed by atoms with Gasteiger partial charge in [0, 0.05) is 36.8 Å². The van der Waals surface area contributed by atoms with Gasteiger partial charge in [-0.2, -0.15) is 4.98 Å². The number of carbonyl (C=O) groups is 1. The molecule has 0 spiro atoms. The van der Waals surface area contributed by atoms with Crippen molar-refractivity contribution in [2.45, 2.75) is 44.8 Å². The summed E-state index contributed by atoms with van der Waals surface area (Å²) in [6.07, 6.45) is 1.66. The molecule has 0 unspecified atom stereocenters. The van der Waals surface area contributed by atoms with Crippen LogP contribution in [0.25, 0.3) is 0 Å². The van der Waals surface area contributed by atoms with Crippen molar-refractivity contribution in [2.75, 3.05) is 13.7 Å². The number of nitrogens with zero attached hydrogens (tertiary/aromatic N) is 3. The Morgan fingerprint density at radius 1 is 1.42 bits per heavy atom. The van der Waals surface area contributed by atoms with Gasteiger partial charge in [0.1, 0.15) is 6.04 Å². The van der Waals surface area contributed by atoms with E-state index in [4.69, 9.17) is 9.26 Å². The van der Waals surface area contributed by atoms with E-state index in [1.807, 2.05) is 4.90 Å². The monoisotopic (exact) mass is 347 g/mol. The summed E-state index contributed by atoms with van der Waals surface area (Å²) in [7, 11) is 1.68. The Morgan fingerprint density at radius 2 is 2.25 bits per heavy atom. The molecule has 2 aromatic heterocycles. The summed E-state index contributed by atoms with van der Waals surface area (Å²) in [5, 5.41) is 5.97. The summed E-state index contributed by atoms with van der Waals surface area (Å²) >= 11 is 1.75. The molecule has 1 saturated carbocycles. The fourth-order valence-electron chi connectivity index (χ4n) is 3.63. The molecule has 4 rings (SSSR count). The van der Waals surface area contributed by atoms with E-state index < -0.39 is 0 Å². The molecule has 24 heavy (non-hydrogen) atoms. The second kappa shape index (κ2) is 5.97. The molecule has 7 heteroatoms. The number of aryl methyl sites for hydroxylation is 2. The van der Waals surface area contributed by atoms with Gasteiger partial charge in [0.2, 0.25) is 11.8 Å². The Labute approximate surface area is 144 Å². The lowest BCUT2D eigenvalue weighted by Crippen LogP contribution is -2.33. The zero-order valence-electron chi connectivity index (χ0n) is 14.1. The highest BCUT2D eigenvalue weighted by Crippen LogP contribution is 2.52. The van der Waals surface area contributed by atoms with E-state index in [0.717, 1.165) is 6.42 Å². The Balaban J connectivity index is 1.53. The van der Waals surface area contributed by atoms with Crippen molar-refractivity contribution < 1.29 is 14.1 Å². The highest BCUT2D eigenvalue weighted by Gasteiger charge is 2.50. The summed E-state index contributed by atoms with van der Waals surface area (Å²) in [5.41, 5.74) is 1.29. The van der Waals surface area contributed by atoms with E-state index in [2.05, 4.69) is 28.5 Å². The molecule has 6 nitrogen and oxygen atoms in total. The molecule has 2 aromatic rings. The van der Waals surface area contributed by atoms with Crippen molar-refractivity contribution in [3.8, 4) is 0 Å². The van der Waals surface area contributed by atoms with Gasteiger partial charge < -0.3 is 14.2 Å². The average Bonchev–Trinajstić information content (AvgIpc) is 2.92. The van der Waals surface area contributed by atoms with Crippen molar-refractivity contribution in [1.29, 1.82) is 0 Å². The van der Waals surface area contributed by atoms with Gasteiger partial charge in [0.15, 0.2) is 5.82 Å². The average molecular weight is 347 g/mol. The molecule has 3 heterocycles. The number of methoxy groups -OCH3 is 1. The molecule has 1 amide bonds. The quantitative estimate of drug-likeness (QED) is 0.851. The topological polar surface area (TPSA) is 68.5 Å². The van der Waals surface area contributed by atoms with Crippen LogP contribution in [-0.4, -0.2) is 40.7 Å². The highest BCUT2D eigenvalue weighted by atomic mass is 32.1. The Kier molecular flexibility index (Phi) is 3.92. The maximum absolute atomic E-state index is 13.1. The van der Waals surface area contributed by atoms with Crippen molar-refractivity contribution in [3.63, 3.8) is 0 Å². The minimum absolute atomic E-state index is 0.0202. The molecule has 1 aliphatic heterocycles. The van der Waals surface area contributed by atoms with Crippen molar-refractivity contribution >= 4 is 17.2 Å². The van der Waals surface area contributed by atoms with Gasteiger partial charge in [-0.3, -0.25) is 4.79 Å². The molecule has 2 aliphatic rings. The highest BCUT2D eigenvalue weighted by molar-refractivity contribution is 7.10. The molecule has 2 fully saturated rings. The van der Waals surface area contributed by atoms with Gasteiger partial charge in [-0.15, -0.1) is 11.3 Å². The van der Waals surface area contributed by atoms with E-state index in [1.165, 1.54) is 10.4 Å². The predicted molar refractivity (Wildman–Crippen MR) is 88.8 cm³/mol. The maximum Gasteiger partial charge on any atom is 0.249 e. The first-order valence-electron chi connectivity index (χ1n) is 8.26. The van der Waals surface area contributed by atoms with Crippen LogP contribution in [0.4, 0.5) is 0 Å². The fourth-order valence-corrected chi connectivity index (χ4v) is 4.74. The van der Waals surface area contributed by atoms with Gasteiger partial charge in [-0.1, -0.05) is 5.16 Å². The van der Waals surface area contributed by atoms with Crippen molar-refractivity contribution in [1.82, 2.24) is 15.0 Å². The summed E-state index contributed by atoms with van der Waals surface area (Å²) < 4.78 is 10.8. The van der Waals surface area contributed by atoms with E-state index in [-0.39, 0.29) is 24.0 Å². The molecule has 128 valence electrons. The molecule has 0 aromatic carbocycles. The first-order chi connectivity index (χ1) is 11.6. The van der Waals surface area contributed by atoms with Crippen LogP contribution in [0.15, 0.2) is 16.0 Å². The van der Waals surface area contributed by atoms with E-state index in [0.29, 0.717) is 30.6 Å². The Morgan fingerprint density at radius 3 is 2.88 bits per heavy atom. The third kappa shape index (κ3) is 2.65. The lowest BCUT2D eigenvalue weighted by atomic mass is 10.1. The molecule has 0 bridgehead atoms. The number of ether oxygens (including phenoxy) is 1. The minimum atomic E-state index is -0.172. The Hall–Kier alpha value is -1.73. The van der Waals surface area contributed by atoms with Gasteiger partial charge in [-0.25, -0.2) is 0 Å². The first-order valence-corrected chi connectivity index (χ1v) is 9.14. The van der Waals surface area contributed by atoms with E-state index >= 15 is 0 Å². The molecule has 0 radical (unpaired) electrons. The molecular formula is C17H21N3O3S. The number of amides is 1. The van der Waals surface area contributed by atoms with Crippen molar-refractivity contribution in [2.24, 2.45) is 5.92 Å². The molecule has 4 atom stereocenters. The molecular weight excluding hydrogens is 326 g/mol. The molecule has 1 saturated heterocycles. The fraction of sp³-hybridized carbons (Fsp3) is 0.588. The van der Waals surface area contributed by atoms with Gasteiger partial charge in [0.25, 0.3) is 0 Å². The summed E-state index contributed by atoms with van der Waals surface area (Å²) in [6, 6.07) is 1.95. The van der Waals surface area contributed by atoms with Crippen LogP contribution < -0.4 is 0 Å². The van der Waals surface area contributed by atoms with Crippen LogP contribution in [0, 0.1) is 19.8 Å². The number of hydrogen-bond acceptors (Lipinski definition) is 6. The number of thiophene rings is 1. The number of carbonyl (C=O) groups excluding carboxylic acids is 1. The van der Waals surface area contributed by atoms with Gasteiger partial charge in [0.05, 0.1) is 6.10 Å². The van der Waals surface area contributed by atoms with Crippen LogP contribution >= 0.6 is 11.3 Å². The Bertz CT molecular complexity index is 756. The zero-order valence-corrected chi connectivity index (χ0v) is 14.9. The number of likely N-dealkylation sites (tertiary alicyclic amines) is 1. The third-order valence-corrected chi connectivity index (χ3v) is 6.20. The molecule has 0 N–H and O–H groups in total. The predicted octanol–water partition coefficient (Wildman–Crippen LogP) is 2.84. The summed E-state index contributed by atoms with van der Waals surface area (Å²) in [4.78, 5) is 20.6. The summed E-state index contributed by atoms with van der Waals surface area (Å²) in [5.74, 6) is 1.74. The minimum Gasteiger partial charge on any atom is -0.380 e. The van der Waals surface area contributed by atoms with Crippen molar-refractivity contribution in [3.05, 3.63) is 33.6 Å². The van der Waals surface area contributed by atoms with Gasteiger partial charge in [-0.05, 0) is 37.3 Å². The largest absolute Gasteiger partial charge is 0.380 e. The van der Waals surface area contributed by atoms with Crippen LogP contribution in [-0.2, 0) is 9.53 Å². The van der Waals surface area contributed by atoms with E-state index in [9.17, 15) is 4.79 Å². The van der Waals surface area contributed by atoms with Crippen LogP contribution in [0.3, 0.4) is 0 Å².